The van der Waals surface area contributed by atoms with Gasteiger partial charge in [0, 0.05) is 24.8 Å². The highest BCUT2D eigenvalue weighted by atomic mass is 16.5. The molecule has 0 aliphatic rings. The molecule has 0 heterocycles. The zero-order valence-corrected chi connectivity index (χ0v) is 9.54. The molecule has 0 saturated heterocycles. The van der Waals surface area contributed by atoms with Crippen LogP contribution in [0.1, 0.15) is 6.92 Å². The molecular formula is C12H11NO5. The lowest BCUT2D eigenvalue weighted by molar-refractivity contribution is -0.132. The van der Waals surface area contributed by atoms with Crippen molar-refractivity contribution in [2.24, 2.45) is 0 Å². The molecule has 1 aromatic rings. The van der Waals surface area contributed by atoms with E-state index in [-0.39, 0.29) is 0 Å². The van der Waals surface area contributed by atoms with Crippen molar-refractivity contribution in [2.75, 3.05) is 5.32 Å². The Labute approximate surface area is 103 Å². The number of carboxylic acid groups (broad SMARTS) is 1. The van der Waals surface area contributed by atoms with Gasteiger partial charge in [0.25, 0.3) is 0 Å². The molecule has 0 radical (unpaired) electrons. The van der Waals surface area contributed by atoms with Crippen LogP contribution >= 0.6 is 0 Å². The third-order valence-electron chi connectivity index (χ3n) is 1.76. The van der Waals surface area contributed by atoms with Crippen molar-refractivity contribution in [3.63, 3.8) is 0 Å². The number of hydrogen-bond acceptors (Lipinski definition) is 4. The van der Waals surface area contributed by atoms with Crippen LogP contribution in [0.2, 0.25) is 0 Å². The molecule has 0 saturated carbocycles. The Kier molecular flexibility index (Phi) is 4.62. The molecule has 0 aromatic heterocycles. The SMILES string of the molecule is CC(=O)Oc1ccc(NC(=O)/C=C\C(=O)O)cc1. The van der Waals surface area contributed by atoms with Crippen LogP contribution in [0.15, 0.2) is 36.4 Å². The maximum absolute atomic E-state index is 11.2. The fraction of sp³-hybridized carbons (Fsp3) is 0.0833. The minimum absolute atomic E-state index is 0.363. The monoisotopic (exact) mass is 249 g/mol. The number of hydrogen-bond donors (Lipinski definition) is 2. The standard InChI is InChI=1S/C12H11NO5/c1-8(14)18-10-4-2-9(3-5-10)13-11(15)6-7-12(16)17/h2-7H,1H3,(H,13,15)(H,16,17)/b7-6-. The minimum Gasteiger partial charge on any atom is -0.478 e. The summed E-state index contributed by atoms with van der Waals surface area (Å²) in [4.78, 5) is 32.1. The van der Waals surface area contributed by atoms with E-state index in [1.165, 1.54) is 31.2 Å². The largest absolute Gasteiger partial charge is 0.478 e. The molecule has 0 spiro atoms. The predicted molar refractivity (Wildman–Crippen MR) is 63.2 cm³/mol. The highest BCUT2D eigenvalue weighted by Crippen LogP contribution is 2.15. The third-order valence-corrected chi connectivity index (χ3v) is 1.76. The van der Waals surface area contributed by atoms with Gasteiger partial charge in [0.05, 0.1) is 0 Å². The molecule has 18 heavy (non-hydrogen) atoms. The van der Waals surface area contributed by atoms with Gasteiger partial charge in [-0.15, -0.1) is 0 Å². The minimum atomic E-state index is -1.20. The lowest BCUT2D eigenvalue weighted by Crippen LogP contribution is -2.08. The van der Waals surface area contributed by atoms with E-state index in [1.54, 1.807) is 0 Å². The van der Waals surface area contributed by atoms with E-state index in [9.17, 15) is 14.4 Å². The lowest BCUT2D eigenvalue weighted by Gasteiger charge is -2.04. The first-order valence-electron chi connectivity index (χ1n) is 4.98. The van der Waals surface area contributed by atoms with E-state index in [1.807, 2.05) is 0 Å². The average molecular weight is 249 g/mol. The van der Waals surface area contributed by atoms with Gasteiger partial charge in [-0.05, 0) is 24.3 Å². The van der Waals surface area contributed by atoms with Gasteiger partial charge in [0.15, 0.2) is 0 Å². The smallest absolute Gasteiger partial charge is 0.328 e. The fourth-order valence-corrected chi connectivity index (χ4v) is 1.10. The second-order valence-electron chi connectivity index (χ2n) is 3.28. The Morgan fingerprint density at radius 1 is 1.17 bits per heavy atom. The van der Waals surface area contributed by atoms with Crippen molar-refractivity contribution in [3.8, 4) is 5.75 Å². The average Bonchev–Trinajstić information content (AvgIpc) is 2.28. The number of ether oxygens (including phenoxy) is 1. The summed E-state index contributed by atoms with van der Waals surface area (Å²) in [6, 6.07) is 6.09. The quantitative estimate of drug-likeness (QED) is 0.475. The molecule has 0 aliphatic heterocycles. The molecule has 94 valence electrons. The fourth-order valence-electron chi connectivity index (χ4n) is 1.10. The van der Waals surface area contributed by atoms with Crippen LogP contribution in [0.5, 0.6) is 5.75 Å². The third kappa shape index (κ3) is 4.93. The highest BCUT2D eigenvalue weighted by Gasteiger charge is 2.01. The van der Waals surface area contributed by atoms with Gasteiger partial charge >= 0.3 is 11.9 Å². The van der Waals surface area contributed by atoms with Crippen molar-refractivity contribution in [2.45, 2.75) is 6.92 Å². The van der Waals surface area contributed by atoms with E-state index in [0.29, 0.717) is 11.4 Å². The normalized spacial score (nSPS) is 10.1. The Balaban J connectivity index is 2.61. The van der Waals surface area contributed by atoms with Gasteiger partial charge < -0.3 is 15.2 Å². The molecule has 1 amide bonds. The number of carboxylic acids is 1. The summed E-state index contributed by atoms with van der Waals surface area (Å²) in [5, 5.41) is 10.8. The first kappa shape index (κ1) is 13.4. The number of benzene rings is 1. The van der Waals surface area contributed by atoms with Crippen LogP contribution in [0.4, 0.5) is 5.69 Å². The second kappa shape index (κ2) is 6.19. The van der Waals surface area contributed by atoms with E-state index in [4.69, 9.17) is 9.84 Å². The van der Waals surface area contributed by atoms with Gasteiger partial charge in [0.1, 0.15) is 5.75 Å². The topological polar surface area (TPSA) is 92.7 Å². The van der Waals surface area contributed by atoms with Crippen LogP contribution in [0, 0.1) is 0 Å². The van der Waals surface area contributed by atoms with Crippen LogP contribution in [0.3, 0.4) is 0 Å². The Hall–Kier alpha value is -2.63. The van der Waals surface area contributed by atoms with Crippen molar-refractivity contribution in [3.05, 3.63) is 36.4 Å². The summed E-state index contributed by atoms with van der Waals surface area (Å²) in [7, 11) is 0. The summed E-state index contributed by atoms with van der Waals surface area (Å²) in [6.07, 6.45) is 1.64. The van der Waals surface area contributed by atoms with Crippen molar-refractivity contribution in [1.29, 1.82) is 0 Å². The van der Waals surface area contributed by atoms with Gasteiger partial charge in [0.2, 0.25) is 5.91 Å². The van der Waals surface area contributed by atoms with Crippen LogP contribution in [-0.4, -0.2) is 23.0 Å². The van der Waals surface area contributed by atoms with Crippen LogP contribution in [0.25, 0.3) is 0 Å². The molecule has 6 heteroatoms. The van der Waals surface area contributed by atoms with E-state index in [2.05, 4.69) is 5.32 Å². The first-order valence-corrected chi connectivity index (χ1v) is 4.98. The van der Waals surface area contributed by atoms with E-state index < -0.39 is 17.8 Å². The number of carbonyl (C=O) groups excluding carboxylic acids is 2. The molecule has 6 nitrogen and oxygen atoms in total. The van der Waals surface area contributed by atoms with Gasteiger partial charge in [-0.1, -0.05) is 0 Å². The summed E-state index contributed by atoms with van der Waals surface area (Å²) in [5.74, 6) is -1.83. The molecule has 0 fully saturated rings. The summed E-state index contributed by atoms with van der Waals surface area (Å²) < 4.78 is 4.81. The number of nitrogens with one attached hydrogen (secondary N) is 1. The molecule has 0 bridgehead atoms. The molecule has 1 aromatic carbocycles. The van der Waals surface area contributed by atoms with Gasteiger partial charge in [-0.2, -0.15) is 0 Å². The van der Waals surface area contributed by atoms with Crippen LogP contribution < -0.4 is 10.1 Å². The van der Waals surface area contributed by atoms with Crippen molar-refractivity contribution < 1.29 is 24.2 Å². The molecule has 0 unspecified atom stereocenters. The molecule has 0 atom stereocenters. The lowest BCUT2D eigenvalue weighted by atomic mass is 10.3. The maximum Gasteiger partial charge on any atom is 0.328 e. The Morgan fingerprint density at radius 2 is 1.78 bits per heavy atom. The van der Waals surface area contributed by atoms with Crippen molar-refractivity contribution in [1.82, 2.24) is 0 Å². The maximum atomic E-state index is 11.2. The van der Waals surface area contributed by atoms with Crippen molar-refractivity contribution >= 4 is 23.5 Å². The van der Waals surface area contributed by atoms with Gasteiger partial charge in [-0.25, -0.2) is 4.79 Å². The predicted octanol–water partition coefficient (Wildman–Crippen LogP) is 1.19. The Morgan fingerprint density at radius 3 is 2.28 bits per heavy atom. The molecular weight excluding hydrogens is 238 g/mol. The number of esters is 1. The van der Waals surface area contributed by atoms with E-state index >= 15 is 0 Å². The molecule has 1 rings (SSSR count). The number of carbonyl (C=O) groups is 3. The van der Waals surface area contributed by atoms with Gasteiger partial charge in [-0.3, -0.25) is 9.59 Å². The zero-order valence-electron chi connectivity index (χ0n) is 9.54. The highest BCUT2D eigenvalue weighted by molar-refractivity contribution is 6.02. The van der Waals surface area contributed by atoms with Crippen LogP contribution in [-0.2, 0) is 14.4 Å². The molecule has 2 N–H and O–H groups in total. The van der Waals surface area contributed by atoms with E-state index in [0.717, 1.165) is 12.2 Å². The molecule has 0 aliphatic carbocycles. The zero-order chi connectivity index (χ0) is 13.5. The Bertz CT molecular complexity index is 490. The number of aliphatic carboxylic acids is 1. The number of anilines is 1. The second-order valence-corrected chi connectivity index (χ2v) is 3.28. The summed E-state index contributed by atoms with van der Waals surface area (Å²) in [5.41, 5.74) is 0.464. The number of amides is 1. The summed E-state index contributed by atoms with van der Waals surface area (Å²) >= 11 is 0. The number of rotatable bonds is 4. The summed E-state index contributed by atoms with van der Waals surface area (Å²) in [6.45, 7) is 1.28. The first-order chi connectivity index (χ1) is 8.47.